The molecule has 2 aromatic carbocycles. The molecule has 1 unspecified atom stereocenters. The Balaban J connectivity index is 1.86. The van der Waals surface area contributed by atoms with Gasteiger partial charge in [0.2, 0.25) is 5.89 Å². The highest BCUT2D eigenvalue weighted by Gasteiger charge is 2.14. The molecule has 0 amide bonds. The van der Waals surface area contributed by atoms with Crippen molar-refractivity contribution in [2.45, 2.75) is 32.2 Å². The normalized spacial score (nSPS) is 12.7. The van der Waals surface area contributed by atoms with Crippen LogP contribution in [0.15, 0.2) is 47.0 Å². The van der Waals surface area contributed by atoms with E-state index in [1.54, 1.807) is 0 Å². The molecule has 0 saturated heterocycles. The summed E-state index contributed by atoms with van der Waals surface area (Å²) in [7, 11) is 0. The Morgan fingerprint density at radius 3 is 2.81 bits per heavy atom. The standard InChI is InChI=1S/C17H19N3O/c1-2-6-15(18)17-19-16(21-20-17)11-13-9-5-8-12-7-3-4-10-14(12)13/h3-5,7-10,15H,2,6,11,18H2,1H3. The van der Waals surface area contributed by atoms with Gasteiger partial charge >= 0.3 is 0 Å². The summed E-state index contributed by atoms with van der Waals surface area (Å²) in [6.07, 6.45) is 2.51. The minimum Gasteiger partial charge on any atom is -0.339 e. The lowest BCUT2D eigenvalue weighted by Gasteiger charge is -2.04. The zero-order valence-electron chi connectivity index (χ0n) is 12.1. The van der Waals surface area contributed by atoms with Gasteiger partial charge in [-0.25, -0.2) is 0 Å². The molecule has 0 saturated carbocycles. The first-order valence-electron chi connectivity index (χ1n) is 7.32. The molecule has 0 fully saturated rings. The fourth-order valence-electron chi connectivity index (χ4n) is 2.54. The summed E-state index contributed by atoms with van der Waals surface area (Å²) in [6.45, 7) is 2.09. The minimum atomic E-state index is -0.139. The van der Waals surface area contributed by atoms with Gasteiger partial charge < -0.3 is 10.3 Å². The summed E-state index contributed by atoms with van der Waals surface area (Å²) in [6, 6.07) is 14.4. The molecule has 0 aliphatic heterocycles. The molecule has 1 atom stereocenters. The largest absolute Gasteiger partial charge is 0.339 e. The first-order chi connectivity index (χ1) is 10.3. The zero-order valence-corrected chi connectivity index (χ0v) is 12.1. The van der Waals surface area contributed by atoms with E-state index in [4.69, 9.17) is 10.3 Å². The minimum absolute atomic E-state index is 0.139. The molecule has 0 radical (unpaired) electrons. The number of nitrogens with two attached hydrogens (primary N) is 1. The van der Waals surface area contributed by atoms with E-state index in [0.29, 0.717) is 18.1 Å². The first kappa shape index (κ1) is 13.8. The van der Waals surface area contributed by atoms with Crippen molar-refractivity contribution in [3.05, 3.63) is 59.7 Å². The molecule has 4 heteroatoms. The van der Waals surface area contributed by atoms with Gasteiger partial charge in [-0.2, -0.15) is 4.98 Å². The third kappa shape index (κ3) is 2.95. The molecule has 0 spiro atoms. The first-order valence-corrected chi connectivity index (χ1v) is 7.32. The molecule has 0 aliphatic rings. The fourth-order valence-corrected chi connectivity index (χ4v) is 2.54. The molecular weight excluding hydrogens is 262 g/mol. The second-order valence-electron chi connectivity index (χ2n) is 5.26. The van der Waals surface area contributed by atoms with Gasteiger partial charge in [-0.3, -0.25) is 0 Å². The van der Waals surface area contributed by atoms with E-state index in [1.807, 2.05) is 12.1 Å². The quantitative estimate of drug-likeness (QED) is 0.775. The Bertz CT molecular complexity index is 730. The van der Waals surface area contributed by atoms with Gasteiger partial charge in [-0.15, -0.1) is 0 Å². The van der Waals surface area contributed by atoms with E-state index in [0.717, 1.165) is 12.8 Å². The maximum absolute atomic E-state index is 6.02. The third-order valence-electron chi connectivity index (χ3n) is 3.64. The van der Waals surface area contributed by atoms with E-state index < -0.39 is 0 Å². The van der Waals surface area contributed by atoms with Crippen LogP contribution in [-0.2, 0) is 6.42 Å². The highest BCUT2D eigenvalue weighted by atomic mass is 16.5. The van der Waals surface area contributed by atoms with Crippen molar-refractivity contribution >= 4 is 10.8 Å². The summed E-state index contributed by atoms with van der Waals surface area (Å²) < 4.78 is 5.34. The molecule has 4 nitrogen and oxygen atoms in total. The number of hydrogen-bond acceptors (Lipinski definition) is 4. The summed E-state index contributed by atoms with van der Waals surface area (Å²) in [4.78, 5) is 4.43. The number of aromatic nitrogens is 2. The smallest absolute Gasteiger partial charge is 0.231 e. The number of fused-ring (bicyclic) bond motifs is 1. The average molecular weight is 281 g/mol. The lowest BCUT2D eigenvalue weighted by molar-refractivity contribution is 0.374. The van der Waals surface area contributed by atoms with Crippen molar-refractivity contribution in [1.82, 2.24) is 10.1 Å². The summed E-state index contributed by atoms with van der Waals surface area (Å²) in [5.41, 5.74) is 7.21. The van der Waals surface area contributed by atoms with E-state index in [1.165, 1.54) is 16.3 Å². The number of nitrogens with zero attached hydrogens (tertiary/aromatic N) is 2. The molecule has 0 aliphatic carbocycles. The van der Waals surface area contributed by atoms with Crippen LogP contribution in [0.25, 0.3) is 10.8 Å². The highest BCUT2D eigenvalue weighted by Crippen LogP contribution is 2.21. The average Bonchev–Trinajstić information content (AvgIpc) is 2.97. The van der Waals surface area contributed by atoms with Crippen LogP contribution in [0.3, 0.4) is 0 Å². The molecule has 21 heavy (non-hydrogen) atoms. The van der Waals surface area contributed by atoms with Crippen LogP contribution in [0.2, 0.25) is 0 Å². The maximum Gasteiger partial charge on any atom is 0.231 e. The summed E-state index contributed by atoms with van der Waals surface area (Å²) in [5.74, 6) is 1.22. The van der Waals surface area contributed by atoms with E-state index in [-0.39, 0.29) is 6.04 Å². The second kappa shape index (κ2) is 6.06. The Hall–Kier alpha value is -2.20. The van der Waals surface area contributed by atoms with Crippen molar-refractivity contribution < 1.29 is 4.52 Å². The Labute approximate surface area is 124 Å². The summed E-state index contributed by atoms with van der Waals surface area (Å²) in [5, 5.41) is 6.44. The van der Waals surface area contributed by atoms with E-state index >= 15 is 0 Å². The van der Waals surface area contributed by atoms with Crippen molar-refractivity contribution in [3.63, 3.8) is 0 Å². The van der Waals surface area contributed by atoms with Crippen LogP contribution in [0.5, 0.6) is 0 Å². The SMILES string of the molecule is CCCC(N)c1noc(Cc2cccc3ccccc23)n1. The molecule has 2 N–H and O–H groups in total. The predicted octanol–water partition coefficient (Wildman–Crippen LogP) is 3.61. The molecule has 3 aromatic rings. The van der Waals surface area contributed by atoms with Crippen LogP contribution in [0.1, 0.15) is 43.1 Å². The molecular formula is C17H19N3O. The fraction of sp³-hybridized carbons (Fsp3) is 0.294. The molecule has 108 valence electrons. The zero-order chi connectivity index (χ0) is 14.7. The van der Waals surface area contributed by atoms with Gasteiger partial charge in [-0.05, 0) is 22.8 Å². The van der Waals surface area contributed by atoms with Gasteiger partial charge in [-0.1, -0.05) is 61.0 Å². The van der Waals surface area contributed by atoms with Crippen LogP contribution in [0, 0.1) is 0 Å². The van der Waals surface area contributed by atoms with Crippen LogP contribution < -0.4 is 5.73 Å². The van der Waals surface area contributed by atoms with Gasteiger partial charge in [0.25, 0.3) is 0 Å². The van der Waals surface area contributed by atoms with Crippen LogP contribution in [0.4, 0.5) is 0 Å². The molecule has 1 aromatic heterocycles. The Morgan fingerprint density at radius 2 is 1.95 bits per heavy atom. The van der Waals surface area contributed by atoms with Gasteiger partial charge in [0.15, 0.2) is 5.82 Å². The van der Waals surface area contributed by atoms with E-state index in [9.17, 15) is 0 Å². The van der Waals surface area contributed by atoms with Crippen molar-refractivity contribution in [2.24, 2.45) is 5.73 Å². The van der Waals surface area contributed by atoms with Gasteiger partial charge in [0, 0.05) is 0 Å². The number of hydrogen-bond donors (Lipinski definition) is 1. The molecule has 3 rings (SSSR count). The van der Waals surface area contributed by atoms with Crippen LogP contribution >= 0.6 is 0 Å². The monoisotopic (exact) mass is 281 g/mol. The number of rotatable bonds is 5. The lowest BCUT2D eigenvalue weighted by atomic mass is 10.0. The topological polar surface area (TPSA) is 64.9 Å². The van der Waals surface area contributed by atoms with Crippen molar-refractivity contribution in [3.8, 4) is 0 Å². The Morgan fingerprint density at radius 1 is 1.14 bits per heavy atom. The summed E-state index contributed by atoms with van der Waals surface area (Å²) >= 11 is 0. The Kier molecular flexibility index (Phi) is 3.97. The van der Waals surface area contributed by atoms with Gasteiger partial charge in [0.1, 0.15) is 0 Å². The van der Waals surface area contributed by atoms with Crippen molar-refractivity contribution in [2.75, 3.05) is 0 Å². The van der Waals surface area contributed by atoms with E-state index in [2.05, 4.69) is 47.4 Å². The third-order valence-corrected chi connectivity index (χ3v) is 3.64. The number of benzene rings is 2. The van der Waals surface area contributed by atoms with Crippen LogP contribution in [-0.4, -0.2) is 10.1 Å². The lowest BCUT2D eigenvalue weighted by Crippen LogP contribution is -2.11. The second-order valence-corrected chi connectivity index (χ2v) is 5.26. The molecule has 0 bridgehead atoms. The predicted molar refractivity (Wildman–Crippen MR) is 82.9 cm³/mol. The van der Waals surface area contributed by atoms with Crippen molar-refractivity contribution in [1.29, 1.82) is 0 Å². The van der Waals surface area contributed by atoms with Gasteiger partial charge in [0.05, 0.1) is 12.5 Å². The molecule has 1 heterocycles. The highest BCUT2D eigenvalue weighted by molar-refractivity contribution is 5.85. The maximum atomic E-state index is 6.02.